The Bertz CT molecular complexity index is 1470. The molecule has 2 amide bonds. The predicted molar refractivity (Wildman–Crippen MR) is 172 cm³/mol. The molecule has 0 aliphatic carbocycles. The molecule has 1 fully saturated rings. The molecular weight excluding hydrogens is 607 g/mol. The third-order valence-corrected chi connectivity index (χ3v) is 9.66. The van der Waals surface area contributed by atoms with Crippen LogP contribution in [0.5, 0.6) is 0 Å². The zero-order valence-corrected chi connectivity index (χ0v) is 27.8. The summed E-state index contributed by atoms with van der Waals surface area (Å²) < 4.78 is 5.50. The van der Waals surface area contributed by atoms with Crippen LogP contribution in [0.15, 0.2) is 64.1 Å². The number of carbonyl (C=O) groups is 2. The summed E-state index contributed by atoms with van der Waals surface area (Å²) in [4.78, 5) is 37.9. The van der Waals surface area contributed by atoms with Crippen molar-refractivity contribution in [3.63, 3.8) is 0 Å². The zero-order valence-electron chi connectivity index (χ0n) is 25.5. The molecule has 0 spiro atoms. The second-order valence-corrected chi connectivity index (χ2v) is 14.6. The fourth-order valence-electron chi connectivity index (χ4n) is 6.00. The van der Waals surface area contributed by atoms with Gasteiger partial charge in [0.2, 0.25) is 0 Å². The predicted octanol–water partition coefficient (Wildman–Crippen LogP) is 6.67. The first kappa shape index (κ1) is 31.7. The lowest BCUT2D eigenvalue weighted by atomic mass is 9.81. The van der Waals surface area contributed by atoms with Gasteiger partial charge in [0.1, 0.15) is 16.0 Å². The summed E-state index contributed by atoms with van der Waals surface area (Å²) in [6.45, 7) is 11.9. The number of fused-ring (bicyclic) bond motifs is 1. The number of amidine groups is 1. The van der Waals surface area contributed by atoms with Crippen LogP contribution in [0.2, 0.25) is 10.0 Å². The molecule has 43 heavy (non-hydrogen) atoms. The number of aliphatic imine (C=N–C) groups is 1. The normalized spacial score (nSPS) is 25.4. The fraction of sp³-hybridized carbons (Fsp3) is 0.469. The summed E-state index contributed by atoms with van der Waals surface area (Å²) in [5.74, 6) is -0.231. The van der Waals surface area contributed by atoms with Gasteiger partial charge in [0, 0.05) is 29.3 Å². The molecule has 0 radical (unpaired) electrons. The van der Waals surface area contributed by atoms with Crippen molar-refractivity contribution in [1.82, 2.24) is 14.7 Å². The Kier molecular flexibility index (Phi) is 8.59. The second-order valence-electron chi connectivity index (χ2n) is 12.8. The molecule has 0 saturated carbocycles. The quantitative estimate of drug-likeness (QED) is 0.391. The molecule has 1 N–H and O–H groups in total. The molecule has 3 aliphatic rings. The Hall–Kier alpha value is -2.72. The standard InChI is InChI=1S/C32H38Cl2N4O4S/c1-18(2)25-26(28(40)36(7)23-16-37(17-24(23)39)30(41)42-31(3,4)5)43-29-35-32(6,20-10-14-22(34)15-11-20)27(38(25)29)19-8-12-21(33)13-9-19/h8-15,18,23-24,27,39H,16-17H2,1-7H3/t23-,24-,27+,32-/m0/s1. The smallest absolute Gasteiger partial charge is 0.410 e. The molecule has 4 atom stereocenters. The molecule has 230 valence electrons. The SMILES string of the molecule is CC(C)C1=C(C(=O)N(C)[C@H]2CN(C(=O)OC(C)(C)C)C[C@@H]2O)SC2=N[C@@](C)(c3ccc(Cl)cc3)[C@@H](c3ccc(Cl)cc3)N21. The Morgan fingerprint density at radius 3 is 2.21 bits per heavy atom. The third kappa shape index (κ3) is 6.01. The lowest BCUT2D eigenvalue weighted by molar-refractivity contribution is -0.128. The molecule has 11 heteroatoms. The third-order valence-electron chi connectivity index (χ3n) is 8.09. The number of benzene rings is 2. The Morgan fingerprint density at radius 1 is 1.07 bits per heavy atom. The van der Waals surface area contributed by atoms with Crippen molar-refractivity contribution in [3.05, 3.63) is 80.3 Å². The molecule has 5 rings (SSSR count). The van der Waals surface area contributed by atoms with Crippen LogP contribution in [0.4, 0.5) is 4.79 Å². The van der Waals surface area contributed by atoms with Crippen molar-refractivity contribution in [1.29, 1.82) is 0 Å². The van der Waals surface area contributed by atoms with Crippen LogP contribution >= 0.6 is 35.0 Å². The Balaban J connectivity index is 1.50. The van der Waals surface area contributed by atoms with Crippen LogP contribution < -0.4 is 0 Å². The summed E-state index contributed by atoms with van der Waals surface area (Å²) in [6, 6.07) is 14.7. The molecule has 0 unspecified atom stereocenters. The van der Waals surface area contributed by atoms with Crippen LogP contribution in [0.1, 0.15) is 58.7 Å². The Labute approximate surface area is 267 Å². The average Bonchev–Trinajstić information content (AvgIpc) is 3.57. The summed E-state index contributed by atoms with van der Waals surface area (Å²) in [6.07, 6.45) is -1.40. The van der Waals surface area contributed by atoms with E-state index in [1.165, 1.54) is 16.7 Å². The molecular formula is C32H38Cl2N4O4S. The van der Waals surface area contributed by atoms with E-state index in [4.69, 9.17) is 32.9 Å². The summed E-state index contributed by atoms with van der Waals surface area (Å²) in [5, 5.41) is 12.9. The van der Waals surface area contributed by atoms with E-state index < -0.39 is 29.4 Å². The van der Waals surface area contributed by atoms with E-state index in [0.717, 1.165) is 22.0 Å². The summed E-state index contributed by atoms with van der Waals surface area (Å²) in [5.41, 5.74) is 1.56. The molecule has 0 aromatic heterocycles. The number of hydrogen-bond donors (Lipinski definition) is 1. The van der Waals surface area contributed by atoms with Crippen molar-refractivity contribution in [2.45, 2.75) is 70.9 Å². The van der Waals surface area contributed by atoms with E-state index in [0.29, 0.717) is 15.0 Å². The maximum absolute atomic E-state index is 14.2. The summed E-state index contributed by atoms with van der Waals surface area (Å²) in [7, 11) is 1.68. The van der Waals surface area contributed by atoms with Crippen LogP contribution in [0, 0.1) is 5.92 Å². The number of halogens is 2. The van der Waals surface area contributed by atoms with E-state index in [-0.39, 0.29) is 31.0 Å². The number of allylic oxidation sites excluding steroid dienone is 1. The number of nitrogens with zero attached hydrogens (tertiary/aromatic N) is 4. The first-order valence-corrected chi connectivity index (χ1v) is 15.9. The minimum absolute atomic E-state index is 0.0123. The first-order valence-electron chi connectivity index (χ1n) is 14.4. The average molecular weight is 646 g/mol. The lowest BCUT2D eigenvalue weighted by Crippen LogP contribution is -2.45. The van der Waals surface area contributed by atoms with Crippen molar-refractivity contribution in [2.75, 3.05) is 20.1 Å². The molecule has 2 aromatic carbocycles. The monoisotopic (exact) mass is 644 g/mol. The van der Waals surface area contributed by atoms with Crippen LogP contribution in [-0.4, -0.2) is 74.9 Å². The number of ether oxygens (including phenoxy) is 1. The Morgan fingerprint density at radius 2 is 1.65 bits per heavy atom. The number of likely N-dealkylation sites (N-methyl/N-ethyl adjacent to an activating group) is 1. The van der Waals surface area contributed by atoms with Gasteiger partial charge in [-0.05, 0) is 80.8 Å². The number of hydrogen-bond acceptors (Lipinski definition) is 7. The van der Waals surface area contributed by atoms with Crippen molar-refractivity contribution < 1.29 is 19.4 Å². The second kappa shape index (κ2) is 11.7. The first-order chi connectivity index (χ1) is 20.1. The lowest BCUT2D eigenvalue weighted by Gasteiger charge is -2.37. The molecule has 8 nitrogen and oxygen atoms in total. The van der Waals surface area contributed by atoms with Gasteiger partial charge in [-0.3, -0.25) is 4.79 Å². The highest BCUT2D eigenvalue weighted by molar-refractivity contribution is 8.18. The van der Waals surface area contributed by atoms with Crippen molar-refractivity contribution >= 4 is 52.1 Å². The van der Waals surface area contributed by atoms with Gasteiger partial charge in [0.25, 0.3) is 5.91 Å². The van der Waals surface area contributed by atoms with Gasteiger partial charge < -0.3 is 24.5 Å². The number of amides is 2. The highest BCUT2D eigenvalue weighted by atomic mass is 35.5. The molecule has 2 aromatic rings. The minimum atomic E-state index is -0.900. The van der Waals surface area contributed by atoms with Gasteiger partial charge in [-0.1, -0.05) is 61.3 Å². The van der Waals surface area contributed by atoms with Gasteiger partial charge in [0.05, 0.1) is 24.7 Å². The number of rotatable bonds is 5. The minimum Gasteiger partial charge on any atom is -0.444 e. The highest BCUT2D eigenvalue weighted by Crippen LogP contribution is 2.56. The zero-order chi connectivity index (χ0) is 31.4. The summed E-state index contributed by atoms with van der Waals surface area (Å²) >= 11 is 13.9. The van der Waals surface area contributed by atoms with Gasteiger partial charge in [-0.2, -0.15) is 0 Å². The van der Waals surface area contributed by atoms with E-state index in [1.807, 2.05) is 48.5 Å². The van der Waals surface area contributed by atoms with Gasteiger partial charge in [-0.25, -0.2) is 9.79 Å². The maximum atomic E-state index is 14.2. The van der Waals surface area contributed by atoms with Crippen LogP contribution in [0.25, 0.3) is 0 Å². The number of aliphatic hydroxyl groups is 1. The molecule has 3 aliphatic heterocycles. The van der Waals surface area contributed by atoms with Gasteiger partial charge in [0.15, 0.2) is 5.17 Å². The number of likely N-dealkylation sites (tertiary alicyclic amines) is 1. The number of carbonyl (C=O) groups excluding carboxylic acids is 2. The van der Waals surface area contributed by atoms with Crippen molar-refractivity contribution in [3.8, 4) is 0 Å². The van der Waals surface area contributed by atoms with Crippen molar-refractivity contribution in [2.24, 2.45) is 10.9 Å². The van der Waals surface area contributed by atoms with E-state index >= 15 is 0 Å². The highest BCUT2D eigenvalue weighted by Gasteiger charge is 2.54. The van der Waals surface area contributed by atoms with Gasteiger partial charge >= 0.3 is 6.09 Å². The van der Waals surface area contributed by atoms with Crippen LogP contribution in [0.3, 0.4) is 0 Å². The van der Waals surface area contributed by atoms with E-state index in [2.05, 4.69) is 25.7 Å². The molecule has 1 saturated heterocycles. The van der Waals surface area contributed by atoms with Crippen LogP contribution in [-0.2, 0) is 15.1 Å². The van der Waals surface area contributed by atoms with Gasteiger partial charge in [-0.15, -0.1) is 0 Å². The number of β-amino-alcohol motifs (C(OH)–C–C–N with tert-alkyl or cyclic N) is 1. The fourth-order valence-corrected chi connectivity index (χ4v) is 7.64. The van der Waals surface area contributed by atoms with E-state index in [9.17, 15) is 14.7 Å². The maximum Gasteiger partial charge on any atom is 0.410 e. The molecule has 0 bridgehead atoms. The number of thioether (sulfide) groups is 1. The van der Waals surface area contributed by atoms with E-state index in [1.54, 1.807) is 32.7 Å². The topological polar surface area (TPSA) is 85.7 Å². The molecule has 3 heterocycles. The number of aliphatic hydroxyl groups excluding tert-OH is 1. The largest absolute Gasteiger partial charge is 0.444 e.